The normalized spacial score (nSPS) is 12.2. The van der Waals surface area contributed by atoms with Gasteiger partial charge < -0.3 is 11.1 Å². The summed E-state index contributed by atoms with van der Waals surface area (Å²) < 4.78 is 25.5. The Labute approximate surface area is 103 Å². The van der Waals surface area contributed by atoms with Gasteiger partial charge in [-0.15, -0.1) is 0 Å². The maximum atomic E-state index is 12.8. The molecule has 94 valence electrons. The van der Waals surface area contributed by atoms with Crippen LogP contribution in [0.1, 0.15) is 6.92 Å². The highest BCUT2D eigenvalue weighted by Crippen LogP contribution is 2.13. The van der Waals surface area contributed by atoms with Gasteiger partial charge >= 0.3 is 0 Å². The number of carbonyl (C=O) groups excluding carboxylic acids is 1. The number of rotatable bonds is 5. The van der Waals surface area contributed by atoms with Crippen LogP contribution in [0.2, 0.25) is 0 Å². The Morgan fingerprint density at radius 2 is 2.18 bits per heavy atom. The molecule has 0 saturated heterocycles. The van der Waals surface area contributed by atoms with Crippen LogP contribution in [0.5, 0.6) is 0 Å². The van der Waals surface area contributed by atoms with Gasteiger partial charge in [0.1, 0.15) is 0 Å². The summed E-state index contributed by atoms with van der Waals surface area (Å²) >= 11 is 1.39. The Morgan fingerprint density at radius 1 is 1.47 bits per heavy atom. The minimum atomic E-state index is -0.981. The van der Waals surface area contributed by atoms with Gasteiger partial charge in [-0.2, -0.15) is 11.8 Å². The molecule has 1 aromatic rings. The zero-order valence-corrected chi connectivity index (χ0v) is 10.2. The number of hydrogen-bond donors (Lipinski definition) is 2. The highest BCUT2D eigenvalue weighted by atomic mass is 32.2. The Hall–Kier alpha value is -1.14. The van der Waals surface area contributed by atoms with E-state index in [4.69, 9.17) is 5.73 Å². The van der Waals surface area contributed by atoms with Gasteiger partial charge in [0.15, 0.2) is 11.6 Å². The summed E-state index contributed by atoms with van der Waals surface area (Å²) in [5, 5.41) is 2.48. The van der Waals surface area contributed by atoms with Gasteiger partial charge in [-0.05, 0) is 19.1 Å². The molecule has 1 amide bonds. The molecule has 3 N–H and O–H groups in total. The molecule has 1 rings (SSSR count). The minimum Gasteiger partial charge on any atom is -0.327 e. The molecule has 0 aliphatic heterocycles. The Kier molecular flexibility index (Phi) is 5.37. The summed E-state index contributed by atoms with van der Waals surface area (Å²) in [6.07, 6.45) is 0. The number of halogens is 2. The van der Waals surface area contributed by atoms with E-state index in [0.29, 0.717) is 5.75 Å². The third kappa shape index (κ3) is 5.14. The fraction of sp³-hybridized carbons (Fsp3) is 0.364. The average molecular weight is 260 g/mol. The molecule has 0 radical (unpaired) electrons. The number of thioether (sulfide) groups is 1. The predicted octanol–water partition coefficient (Wildman–Crippen LogP) is 1.98. The van der Waals surface area contributed by atoms with E-state index in [2.05, 4.69) is 5.32 Å². The van der Waals surface area contributed by atoms with Gasteiger partial charge in [-0.3, -0.25) is 4.79 Å². The standard InChI is InChI=1S/C11H14F2N2OS/c1-7(14)5-17-6-11(16)15-8-2-3-9(12)10(13)4-8/h2-4,7H,5-6,14H2,1H3,(H,15,16). The van der Waals surface area contributed by atoms with Crippen molar-refractivity contribution in [3.8, 4) is 0 Å². The lowest BCUT2D eigenvalue weighted by Crippen LogP contribution is -2.20. The van der Waals surface area contributed by atoms with Gasteiger partial charge in [-0.25, -0.2) is 8.78 Å². The van der Waals surface area contributed by atoms with Crippen LogP contribution in [-0.2, 0) is 4.79 Å². The van der Waals surface area contributed by atoms with E-state index >= 15 is 0 Å². The van der Waals surface area contributed by atoms with Crippen molar-refractivity contribution in [2.24, 2.45) is 5.73 Å². The molecule has 1 aromatic carbocycles. The smallest absolute Gasteiger partial charge is 0.234 e. The van der Waals surface area contributed by atoms with Crippen LogP contribution in [0, 0.1) is 11.6 Å². The van der Waals surface area contributed by atoms with E-state index < -0.39 is 11.6 Å². The first-order valence-electron chi connectivity index (χ1n) is 5.07. The highest BCUT2D eigenvalue weighted by molar-refractivity contribution is 8.00. The minimum absolute atomic E-state index is 0.0241. The summed E-state index contributed by atoms with van der Waals surface area (Å²) in [6, 6.07) is 3.26. The van der Waals surface area contributed by atoms with E-state index in [1.165, 1.54) is 17.8 Å². The molecule has 0 aromatic heterocycles. The number of benzene rings is 1. The first-order valence-corrected chi connectivity index (χ1v) is 6.22. The van der Waals surface area contributed by atoms with E-state index in [1.807, 2.05) is 6.92 Å². The van der Waals surface area contributed by atoms with Crippen molar-refractivity contribution in [3.63, 3.8) is 0 Å². The first-order chi connectivity index (χ1) is 7.99. The zero-order valence-electron chi connectivity index (χ0n) is 9.37. The Morgan fingerprint density at radius 3 is 2.76 bits per heavy atom. The average Bonchev–Trinajstić information content (AvgIpc) is 2.23. The molecule has 0 heterocycles. The maximum Gasteiger partial charge on any atom is 0.234 e. The van der Waals surface area contributed by atoms with Gasteiger partial charge in [0.05, 0.1) is 5.75 Å². The van der Waals surface area contributed by atoms with Crippen molar-refractivity contribution in [2.45, 2.75) is 13.0 Å². The second kappa shape index (κ2) is 6.56. The van der Waals surface area contributed by atoms with Crippen LogP contribution in [0.15, 0.2) is 18.2 Å². The number of carbonyl (C=O) groups is 1. The van der Waals surface area contributed by atoms with Crippen LogP contribution in [0.4, 0.5) is 14.5 Å². The van der Waals surface area contributed by atoms with Crippen molar-refractivity contribution in [3.05, 3.63) is 29.8 Å². The summed E-state index contributed by atoms with van der Waals surface area (Å²) in [4.78, 5) is 11.4. The molecule has 1 unspecified atom stereocenters. The zero-order chi connectivity index (χ0) is 12.8. The predicted molar refractivity (Wildman–Crippen MR) is 66.0 cm³/mol. The summed E-state index contributed by atoms with van der Waals surface area (Å²) in [7, 11) is 0. The molecule has 1 atom stereocenters. The van der Waals surface area contributed by atoms with Crippen LogP contribution >= 0.6 is 11.8 Å². The quantitative estimate of drug-likeness (QED) is 0.851. The third-order valence-corrected chi connectivity index (χ3v) is 3.05. The fourth-order valence-corrected chi connectivity index (χ4v) is 1.86. The number of amides is 1. The van der Waals surface area contributed by atoms with Crippen molar-refractivity contribution >= 4 is 23.4 Å². The second-order valence-corrected chi connectivity index (χ2v) is 4.70. The molecule has 0 spiro atoms. The van der Waals surface area contributed by atoms with E-state index in [1.54, 1.807) is 0 Å². The Balaban J connectivity index is 2.42. The lowest BCUT2D eigenvalue weighted by Gasteiger charge is -2.06. The molecule has 0 aliphatic carbocycles. The molecule has 0 bridgehead atoms. The van der Waals surface area contributed by atoms with E-state index in [0.717, 1.165) is 12.1 Å². The van der Waals surface area contributed by atoms with Crippen molar-refractivity contribution in [1.82, 2.24) is 0 Å². The maximum absolute atomic E-state index is 12.8. The molecule has 0 saturated carbocycles. The summed E-state index contributed by atoms with van der Waals surface area (Å²) in [5.41, 5.74) is 5.77. The molecule has 6 heteroatoms. The van der Waals surface area contributed by atoms with Gasteiger partial charge in [0.25, 0.3) is 0 Å². The first kappa shape index (κ1) is 13.9. The number of nitrogens with one attached hydrogen (secondary N) is 1. The fourth-order valence-electron chi connectivity index (χ4n) is 1.11. The molecular weight excluding hydrogens is 246 g/mol. The lowest BCUT2D eigenvalue weighted by molar-refractivity contribution is -0.113. The van der Waals surface area contributed by atoms with Gasteiger partial charge in [0, 0.05) is 23.5 Å². The number of nitrogens with two attached hydrogens (primary N) is 1. The lowest BCUT2D eigenvalue weighted by atomic mass is 10.3. The van der Waals surface area contributed by atoms with Crippen molar-refractivity contribution in [1.29, 1.82) is 0 Å². The largest absolute Gasteiger partial charge is 0.327 e. The monoisotopic (exact) mass is 260 g/mol. The topological polar surface area (TPSA) is 55.1 Å². The third-order valence-electron chi connectivity index (χ3n) is 1.82. The van der Waals surface area contributed by atoms with Gasteiger partial charge in [-0.1, -0.05) is 0 Å². The Bertz CT molecular complexity index is 399. The SMILES string of the molecule is CC(N)CSCC(=O)Nc1ccc(F)c(F)c1. The van der Waals surface area contributed by atoms with Crippen LogP contribution in [0.25, 0.3) is 0 Å². The van der Waals surface area contributed by atoms with Crippen LogP contribution in [-0.4, -0.2) is 23.5 Å². The second-order valence-electron chi connectivity index (χ2n) is 3.67. The van der Waals surface area contributed by atoms with Crippen molar-refractivity contribution < 1.29 is 13.6 Å². The molecule has 0 fully saturated rings. The summed E-state index contributed by atoms with van der Waals surface area (Å²) in [6.45, 7) is 1.85. The number of hydrogen-bond acceptors (Lipinski definition) is 3. The van der Waals surface area contributed by atoms with E-state index in [9.17, 15) is 13.6 Å². The van der Waals surface area contributed by atoms with Crippen LogP contribution in [0.3, 0.4) is 0 Å². The van der Waals surface area contributed by atoms with E-state index in [-0.39, 0.29) is 23.4 Å². The number of anilines is 1. The molecule has 0 aliphatic rings. The van der Waals surface area contributed by atoms with Crippen LogP contribution < -0.4 is 11.1 Å². The van der Waals surface area contributed by atoms with Crippen molar-refractivity contribution in [2.75, 3.05) is 16.8 Å². The van der Waals surface area contributed by atoms with Gasteiger partial charge in [0.2, 0.25) is 5.91 Å². The summed E-state index contributed by atoms with van der Waals surface area (Å²) in [5.74, 6) is -1.27. The molecular formula is C11H14F2N2OS. The molecule has 17 heavy (non-hydrogen) atoms. The molecule has 3 nitrogen and oxygen atoms in total. The highest BCUT2D eigenvalue weighted by Gasteiger charge is 2.06.